The van der Waals surface area contributed by atoms with E-state index in [1.54, 1.807) is 54.6 Å². The number of aliphatic hydroxyl groups is 3. The van der Waals surface area contributed by atoms with E-state index in [2.05, 4.69) is 5.32 Å². The van der Waals surface area contributed by atoms with Gasteiger partial charge in [0.25, 0.3) is 5.91 Å². The Hall–Kier alpha value is -5.37. The first-order valence-electron chi connectivity index (χ1n) is 15.3. The summed E-state index contributed by atoms with van der Waals surface area (Å²) in [6, 6.07) is 15.4. The van der Waals surface area contributed by atoms with E-state index in [9.17, 15) is 29.7 Å². The van der Waals surface area contributed by atoms with E-state index in [4.69, 9.17) is 23.4 Å². The monoisotopic (exact) mass is 656 g/mol. The van der Waals surface area contributed by atoms with Gasteiger partial charge in [0.1, 0.15) is 23.4 Å². The largest absolute Gasteiger partial charge is 0.493 e. The molecule has 0 spiro atoms. The SMILES string of the molecule is COc1cc(CO)cc2c1OC1C2C(C(=O)NCCO)=CC(N(Cc2ccc3c(c2)OCO3)C(=O)c2cc3ccccc3oc2=O)C1O. The molecule has 0 fully saturated rings. The normalized spacial score (nSPS) is 20.4. The van der Waals surface area contributed by atoms with Gasteiger partial charge >= 0.3 is 5.63 Å². The molecule has 7 rings (SSSR count). The predicted molar refractivity (Wildman–Crippen MR) is 169 cm³/mol. The van der Waals surface area contributed by atoms with Gasteiger partial charge in [0.15, 0.2) is 23.0 Å². The minimum absolute atomic E-state index is 0.0401. The van der Waals surface area contributed by atoms with Gasteiger partial charge in [-0.2, -0.15) is 0 Å². The molecule has 13 heteroatoms. The molecule has 4 unspecified atom stereocenters. The van der Waals surface area contributed by atoms with Crippen LogP contribution in [0.25, 0.3) is 11.0 Å². The van der Waals surface area contributed by atoms with E-state index in [1.165, 1.54) is 24.2 Å². The molecule has 248 valence electrons. The zero-order valence-corrected chi connectivity index (χ0v) is 25.8. The summed E-state index contributed by atoms with van der Waals surface area (Å²) in [6.07, 6.45) is -1.000. The lowest BCUT2D eigenvalue weighted by atomic mass is 9.77. The third-order valence-electron chi connectivity index (χ3n) is 8.78. The lowest BCUT2D eigenvalue weighted by Crippen LogP contribution is -2.55. The van der Waals surface area contributed by atoms with Crippen LogP contribution >= 0.6 is 0 Å². The quantitative estimate of drug-likeness (QED) is 0.194. The molecule has 2 amide bonds. The number of nitrogens with one attached hydrogen (secondary N) is 1. The Morgan fingerprint density at radius 2 is 1.83 bits per heavy atom. The molecule has 1 aliphatic carbocycles. The van der Waals surface area contributed by atoms with Gasteiger partial charge in [-0.05, 0) is 53.6 Å². The average Bonchev–Trinajstić information content (AvgIpc) is 3.74. The van der Waals surface area contributed by atoms with Crippen molar-refractivity contribution < 1.29 is 48.3 Å². The van der Waals surface area contributed by atoms with Crippen LogP contribution < -0.4 is 29.9 Å². The summed E-state index contributed by atoms with van der Waals surface area (Å²) < 4.78 is 28.3. The van der Waals surface area contributed by atoms with Crippen LogP contribution in [0.2, 0.25) is 0 Å². The minimum atomic E-state index is -1.41. The lowest BCUT2D eigenvalue weighted by molar-refractivity contribution is -0.118. The minimum Gasteiger partial charge on any atom is -0.493 e. The van der Waals surface area contributed by atoms with Crippen LogP contribution in [0.3, 0.4) is 0 Å². The molecule has 13 nitrogen and oxygen atoms in total. The highest BCUT2D eigenvalue weighted by molar-refractivity contribution is 5.98. The van der Waals surface area contributed by atoms with Crippen molar-refractivity contribution in [2.75, 3.05) is 27.1 Å². The summed E-state index contributed by atoms with van der Waals surface area (Å²) in [4.78, 5) is 42.7. The Morgan fingerprint density at radius 1 is 1.02 bits per heavy atom. The number of hydrogen-bond donors (Lipinski definition) is 4. The number of nitrogens with zero attached hydrogens (tertiary/aromatic N) is 1. The number of amides is 2. The van der Waals surface area contributed by atoms with E-state index >= 15 is 0 Å². The molecule has 2 aliphatic heterocycles. The molecule has 3 heterocycles. The van der Waals surface area contributed by atoms with Crippen molar-refractivity contribution in [3.05, 3.63) is 105 Å². The average molecular weight is 657 g/mol. The lowest BCUT2D eigenvalue weighted by Gasteiger charge is -2.40. The number of ether oxygens (including phenoxy) is 4. The third-order valence-corrected chi connectivity index (χ3v) is 8.78. The summed E-state index contributed by atoms with van der Waals surface area (Å²) in [7, 11) is 1.44. The number of hydrogen-bond acceptors (Lipinski definition) is 11. The van der Waals surface area contributed by atoms with Crippen molar-refractivity contribution in [2.24, 2.45) is 0 Å². The van der Waals surface area contributed by atoms with Gasteiger partial charge in [0, 0.05) is 29.6 Å². The molecule has 0 saturated carbocycles. The van der Waals surface area contributed by atoms with Crippen molar-refractivity contribution in [2.45, 2.75) is 37.3 Å². The third kappa shape index (κ3) is 5.41. The van der Waals surface area contributed by atoms with E-state index in [1.807, 2.05) is 0 Å². The Kier molecular flexibility index (Phi) is 8.25. The Labute approximate surface area is 273 Å². The molecule has 0 radical (unpaired) electrons. The van der Waals surface area contributed by atoms with Crippen LogP contribution in [0.15, 0.2) is 81.5 Å². The van der Waals surface area contributed by atoms with Gasteiger partial charge in [0.05, 0.1) is 32.3 Å². The number of para-hydroxylation sites is 1. The summed E-state index contributed by atoms with van der Waals surface area (Å²) in [6.45, 7) is -0.756. The van der Waals surface area contributed by atoms with Crippen molar-refractivity contribution in [3.63, 3.8) is 0 Å². The molecule has 3 aromatic carbocycles. The molecule has 4 atom stereocenters. The number of fused-ring (bicyclic) bond motifs is 5. The number of methoxy groups -OCH3 is 1. The molecule has 3 aliphatic rings. The summed E-state index contributed by atoms with van der Waals surface area (Å²) in [5.74, 6) is -0.545. The number of carbonyl (C=O) groups is 2. The molecular weight excluding hydrogens is 624 g/mol. The van der Waals surface area contributed by atoms with Crippen LogP contribution in [0.4, 0.5) is 0 Å². The van der Waals surface area contributed by atoms with E-state index < -0.39 is 41.6 Å². The van der Waals surface area contributed by atoms with Gasteiger partial charge in [0.2, 0.25) is 12.7 Å². The van der Waals surface area contributed by atoms with Crippen molar-refractivity contribution in [1.29, 1.82) is 0 Å². The fraction of sp³-hybridized carbons (Fsp3) is 0.286. The fourth-order valence-electron chi connectivity index (χ4n) is 6.53. The smallest absolute Gasteiger partial charge is 0.349 e. The zero-order chi connectivity index (χ0) is 33.5. The summed E-state index contributed by atoms with van der Waals surface area (Å²) in [5.41, 5.74) is 0.934. The molecule has 0 bridgehead atoms. The first-order chi connectivity index (χ1) is 23.3. The van der Waals surface area contributed by atoms with Gasteiger partial charge < -0.3 is 48.9 Å². The number of carbonyl (C=O) groups excluding carboxylic acids is 2. The van der Waals surface area contributed by atoms with Crippen LogP contribution in [0.1, 0.15) is 33.0 Å². The standard InChI is InChI=1S/C35H32N2O11/c1-44-28-12-19(16-39)10-21-29-22(33(41)36-8-9-38)14-24(30(40)32(29)48-31(21)28)37(15-18-6-7-26-27(11-18)46-17-45-26)34(42)23-13-20-4-2-3-5-25(20)47-35(23)43/h2-7,10-14,24,29-30,32,38-40H,8-9,15-17H2,1H3,(H,36,41). The second kappa shape index (κ2) is 12.7. The summed E-state index contributed by atoms with van der Waals surface area (Å²) >= 11 is 0. The fourth-order valence-corrected chi connectivity index (χ4v) is 6.53. The van der Waals surface area contributed by atoms with Gasteiger partial charge in [-0.25, -0.2) is 4.79 Å². The first kappa shape index (κ1) is 31.2. The molecule has 1 aromatic heterocycles. The highest BCUT2D eigenvalue weighted by Crippen LogP contribution is 2.51. The van der Waals surface area contributed by atoms with E-state index in [0.717, 1.165) is 0 Å². The molecule has 4 aromatic rings. The number of rotatable bonds is 9. The Balaban J connectivity index is 1.36. The maximum Gasteiger partial charge on any atom is 0.349 e. The van der Waals surface area contributed by atoms with Gasteiger partial charge in [-0.3, -0.25) is 9.59 Å². The molecular formula is C35H32N2O11. The first-order valence-corrected chi connectivity index (χ1v) is 15.3. The van der Waals surface area contributed by atoms with Crippen molar-refractivity contribution in [1.82, 2.24) is 10.2 Å². The molecule has 48 heavy (non-hydrogen) atoms. The zero-order valence-electron chi connectivity index (χ0n) is 25.8. The van der Waals surface area contributed by atoms with Crippen molar-refractivity contribution in [3.8, 4) is 23.0 Å². The maximum atomic E-state index is 14.5. The topological polar surface area (TPSA) is 177 Å². The van der Waals surface area contributed by atoms with Crippen LogP contribution in [-0.2, 0) is 17.9 Å². The molecule has 0 saturated heterocycles. The summed E-state index contributed by atoms with van der Waals surface area (Å²) in [5, 5.41) is 34.6. The van der Waals surface area contributed by atoms with E-state index in [-0.39, 0.29) is 50.0 Å². The van der Waals surface area contributed by atoms with Crippen LogP contribution in [-0.4, -0.2) is 77.3 Å². The van der Waals surface area contributed by atoms with Gasteiger partial charge in [-0.1, -0.05) is 24.3 Å². The second-order valence-corrected chi connectivity index (χ2v) is 11.6. The Morgan fingerprint density at radius 3 is 2.62 bits per heavy atom. The molecule has 4 N–H and O–H groups in total. The van der Waals surface area contributed by atoms with Crippen LogP contribution in [0.5, 0.6) is 23.0 Å². The van der Waals surface area contributed by atoms with Crippen molar-refractivity contribution >= 4 is 22.8 Å². The van der Waals surface area contributed by atoms with E-state index in [0.29, 0.717) is 44.9 Å². The highest BCUT2D eigenvalue weighted by atomic mass is 16.7. The second-order valence-electron chi connectivity index (χ2n) is 11.6. The maximum absolute atomic E-state index is 14.5. The number of aliphatic hydroxyl groups excluding tert-OH is 3. The van der Waals surface area contributed by atoms with Gasteiger partial charge in [-0.15, -0.1) is 0 Å². The predicted octanol–water partition coefficient (Wildman–Crippen LogP) is 1.99. The highest BCUT2D eigenvalue weighted by Gasteiger charge is 2.51. The Bertz CT molecular complexity index is 2000. The number of benzene rings is 3. The van der Waals surface area contributed by atoms with Crippen LogP contribution in [0, 0.1) is 0 Å².